The van der Waals surface area contributed by atoms with E-state index in [4.69, 9.17) is 4.98 Å². The second-order valence-corrected chi connectivity index (χ2v) is 22.3. The van der Waals surface area contributed by atoms with Crippen LogP contribution in [0.4, 0.5) is 0 Å². The van der Waals surface area contributed by atoms with Crippen LogP contribution in [-0.4, -0.2) is 4.98 Å². The quantitative estimate of drug-likeness (QED) is 0.114. The topological polar surface area (TPSA) is 12.9 Å². The molecule has 9 aromatic rings. The maximum absolute atomic E-state index is 6.31. The predicted molar refractivity (Wildman–Crippen MR) is 259 cm³/mol. The standard InChI is InChI=1S/C53H41NP4/c1-9-25-42(26-10-1)55(43-27-11-2-12-28-43)50-41-51(56(44-29-13-3-14-30-44)45-31-15-4-16-32-45)53(58(48-37-21-7-22-38-48)49-39-23-8-24-40-49)54-52(50)57(46-33-17-5-18-34-46)47-35-19-6-20-36-47/h1-41H. The molecule has 9 rings (SSSR count). The van der Waals surface area contributed by atoms with Gasteiger partial charge in [0.05, 0.1) is 10.9 Å². The van der Waals surface area contributed by atoms with Gasteiger partial charge in [0, 0.05) is 26.5 Å². The Bertz CT molecular complexity index is 2120. The summed E-state index contributed by atoms with van der Waals surface area (Å²) in [5, 5.41) is 13.1. The predicted octanol–water partition coefficient (Wildman–Crippen LogP) is 8.11. The second kappa shape index (κ2) is 18.5. The maximum atomic E-state index is 6.31. The molecule has 0 radical (unpaired) electrons. The van der Waals surface area contributed by atoms with Crippen molar-refractivity contribution < 1.29 is 0 Å². The van der Waals surface area contributed by atoms with Gasteiger partial charge in [0.15, 0.2) is 0 Å². The molecule has 0 aliphatic carbocycles. The Morgan fingerprint density at radius 2 is 0.379 bits per heavy atom. The van der Waals surface area contributed by atoms with Crippen LogP contribution in [0.25, 0.3) is 0 Å². The Morgan fingerprint density at radius 1 is 0.207 bits per heavy atom. The fraction of sp³-hybridized carbons (Fsp3) is 0. The third kappa shape index (κ3) is 8.29. The van der Waals surface area contributed by atoms with Gasteiger partial charge in [0.2, 0.25) is 0 Å². The maximum Gasteiger partial charge on any atom is 0.0812 e. The Balaban J connectivity index is 1.47. The van der Waals surface area contributed by atoms with Crippen molar-refractivity contribution in [3.05, 3.63) is 249 Å². The molecule has 0 N–H and O–H groups in total. The van der Waals surface area contributed by atoms with Crippen molar-refractivity contribution >= 4 is 95.6 Å². The van der Waals surface area contributed by atoms with Crippen LogP contribution in [0, 0.1) is 0 Å². The molecule has 0 spiro atoms. The number of pyridine rings is 1. The monoisotopic (exact) mass is 815 g/mol. The van der Waals surface area contributed by atoms with Crippen molar-refractivity contribution in [2.75, 3.05) is 0 Å². The van der Waals surface area contributed by atoms with E-state index in [0.29, 0.717) is 0 Å². The smallest absolute Gasteiger partial charge is 0.0812 e. The van der Waals surface area contributed by atoms with Crippen LogP contribution in [0.3, 0.4) is 0 Å². The Morgan fingerprint density at radius 3 is 0.569 bits per heavy atom. The fourth-order valence-electron chi connectivity index (χ4n) is 7.39. The van der Waals surface area contributed by atoms with Crippen molar-refractivity contribution in [3.8, 4) is 0 Å². The largest absolute Gasteiger partial charge is 0.246 e. The van der Waals surface area contributed by atoms with E-state index >= 15 is 0 Å². The van der Waals surface area contributed by atoms with E-state index in [2.05, 4.69) is 249 Å². The number of aromatic nitrogens is 1. The van der Waals surface area contributed by atoms with Crippen molar-refractivity contribution in [1.82, 2.24) is 4.98 Å². The van der Waals surface area contributed by atoms with Crippen molar-refractivity contribution in [2.24, 2.45) is 0 Å². The van der Waals surface area contributed by atoms with E-state index in [9.17, 15) is 0 Å². The van der Waals surface area contributed by atoms with E-state index in [-0.39, 0.29) is 0 Å². The molecule has 5 heteroatoms. The molecular weight excluding hydrogens is 774 g/mol. The average molecular weight is 816 g/mol. The van der Waals surface area contributed by atoms with Crippen LogP contribution in [0.15, 0.2) is 249 Å². The molecule has 0 bridgehead atoms. The van der Waals surface area contributed by atoms with Gasteiger partial charge in [-0.1, -0.05) is 243 Å². The number of hydrogen-bond donors (Lipinski definition) is 0. The van der Waals surface area contributed by atoms with Gasteiger partial charge in [-0.15, -0.1) is 0 Å². The number of benzene rings is 8. The van der Waals surface area contributed by atoms with Crippen LogP contribution in [0.2, 0.25) is 0 Å². The van der Waals surface area contributed by atoms with Crippen LogP contribution in [0.1, 0.15) is 0 Å². The first-order chi connectivity index (χ1) is 28.8. The molecule has 58 heavy (non-hydrogen) atoms. The van der Waals surface area contributed by atoms with Crippen LogP contribution < -0.4 is 63.9 Å². The zero-order chi connectivity index (χ0) is 38.9. The summed E-state index contributed by atoms with van der Waals surface area (Å²) in [5.74, 6) is 0. The van der Waals surface area contributed by atoms with E-state index in [0.717, 1.165) is 0 Å². The highest BCUT2D eigenvalue weighted by molar-refractivity contribution is 7.87. The van der Waals surface area contributed by atoms with Gasteiger partial charge in [-0.2, -0.15) is 0 Å². The Hall–Kier alpha value is -5.37. The summed E-state index contributed by atoms with van der Waals surface area (Å²) in [6, 6.07) is 91.7. The molecule has 0 unspecified atom stereocenters. The molecule has 0 amide bonds. The molecule has 0 aliphatic rings. The minimum Gasteiger partial charge on any atom is -0.246 e. The van der Waals surface area contributed by atoms with Gasteiger partial charge in [0.25, 0.3) is 0 Å². The summed E-state index contributed by atoms with van der Waals surface area (Å²) in [7, 11) is -4.21. The molecule has 0 atom stereocenters. The highest BCUT2D eigenvalue weighted by Crippen LogP contribution is 2.43. The fourth-order valence-corrected chi connectivity index (χ4v) is 17.8. The minimum absolute atomic E-state index is 1.03. The first-order valence-corrected chi connectivity index (χ1v) is 24.9. The lowest BCUT2D eigenvalue weighted by atomic mass is 10.4. The normalized spacial score (nSPS) is 11.4. The van der Waals surface area contributed by atoms with Gasteiger partial charge in [-0.3, -0.25) is 0 Å². The summed E-state index contributed by atoms with van der Waals surface area (Å²) >= 11 is 0. The SMILES string of the molecule is c1ccc(P(c2ccccc2)c2cc(P(c3ccccc3)c3ccccc3)c(P(c3ccccc3)c3ccccc3)nc2P(c2ccccc2)c2ccccc2)cc1. The third-order valence-electron chi connectivity index (χ3n) is 9.96. The molecule has 278 valence electrons. The number of rotatable bonds is 12. The summed E-state index contributed by atoms with van der Waals surface area (Å²) < 4.78 is 0. The lowest BCUT2D eigenvalue weighted by molar-refractivity contribution is 1.49. The summed E-state index contributed by atoms with van der Waals surface area (Å²) in [5.41, 5.74) is 2.36. The van der Waals surface area contributed by atoms with Crippen molar-refractivity contribution in [3.63, 3.8) is 0 Å². The van der Waals surface area contributed by atoms with Gasteiger partial charge < -0.3 is 0 Å². The van der Waals surface area contributed by atoms with Crippen LogP contribution in [-0.2, 0) is 0 Å². The molecule has 0 saturated carbocycles. The summed E-state index contributed by atoms with van der Waals surface area (Å²) in [4.78, 5) is 6.31. The lowest BCUT2D eigenvalue weighted by Crippen LogP contribution is -2.47. The molecule has 1 aromatic heterocycles. The lowest BCUT2D eigenvalue weighted by Gasteiger charge is -2.32. The van der Waals surface area contributed by atoms with E-state index in [1.54, 1.807) is 0 Å². The van der Waals surface area contributed by atoms with Gasteiger partial charge in [-0.05, 0) is 64.3 Å². The van der Waals surface area contributed by atoms with Gasteiger partial charge in [-0.25, -0.2) is 4.98 Å². The Labute approximate surface area is 347 Å². The Kier molecular flexibility index (Phi) is 12.2. The summed E-state index contributed by atoms with van der Waals surface area (Å²) in [6.45, 7) is 0. The van der Waals surface area contributed by atoms with E-state index < -0.39 is 31.7 Å². The van der Waals surface area contributed by atoms with E-state index in [1.807, 2.05) is 0 Å². The van der Waals surface area contributed by atoms with Crippen LogP contribution >= 0.6 is 31.7 Å². The van der Waals surface area contributed by atoms with Crippen LogP contribution in [0.5, 0.6) is 0 Å². The molecule has 0 saturated heterocycles. The number of nitrogens with zero attached hydrogens (tertiary/aromatic N) is 1. The molecule has 8 aromatic carbocycles. The second-order valence-electron chi connectivity index (χ2n) is 13.7. The molecule has 1 heterocycles. The van der Waals surface area contributed by atoms with Gasteiger partial charge in [0.1, 0.15) is 0 Å². The van der Waals surface area contributed by atoms with Crippen molar-refractivity contribution in [2.45, 2.75) is 0 Å². The molecular formula is C53H41NP4. The molecule has 0 fully saturated rings. The highest BCUT2D eigenvalue weighted by Gasteiger charge is 2.34. The molecule has 1 nitrogen and oxygen atoms in total. The van der Waals surface area contributed by atoms with Crippen molar-refractivity contribution in [1.29, 1.82) is 0 Å². The summed E-state index contributed by atoms with van der Waals surface area (Å²) in [6.07, 6.45) is 0. The third-order valence-corrected chi connectivity index (χ3v) is 20.0. The first-order valence-electron chi connectivity index (χ1n) is 19.5. The minimum atomic E-state index is -1.08. The van der Waals surface area contributed by atoms with E-state index in [1.165, 1.54) is 63.9 Å². The molecule has 0 aliphatic heterocycles. The zero-order valence-corrected chi connectivity index (χ0v) is 35.5. The van der Waals surface area contributed by atoms with Gasteiger partial charge >= 0.3 is 0 Å². The number of hydrogen-bond acceptors (Lipinski definition) is 1. The highest BCUT2D eigenvalue weighted by atomic mass is 31.1. The zero-order valence-electron chi connectivity index (χ0n) is 31.9. The first kappa shape index (κ1) is 38.2. The average Bonchev–Trinajstić information content (AvgIpc) is 3.31.